The number of carbonyl (C=O) groups excluding carboxylic acids is 1. The van der Waals surface area contributed by atoms with Crippen molar-refractivity contribution < 1.29 is 18.3 Å². The van der Waals surface area contributed by atoms with Gasteiger partial charge in [0.2, 0.25) is 5.91 Å². The van der Waals surface area contributed by atoms with Crippen LogP contribution in [-0.2, 0) is 4.79 Å². The Kier molecular flexibility index (Phi) is 6.61. The molecule has 2 rings (SSSR count). The van der Waals surface area contributed by atoms with Gasteiger partial charge in [-0.15, -0.1) is 11.8 Å². The van der Waals surface area contributed by atoms with Gasteiger partial charge < -0.3 is 10.1 Å². The van der Waals surface area contributed by atoms with Crippen LogP contribution >= 0.6 is 11.8 Å². The van der Waals surface area contributed by atoms with Crippen LogP contribution in [0.1, 0.15) is 11.1 Å². The average molecular weight is 351 g/mol. The van der Waals surface area contributed by atoms with Gasteiger partial charge >= 0.3 is 0 Å². The summed E-state index contributed by atoms with van der Waals surface area (Å²) >= 11 is 1.41. The minimum absolute atomic E-state index is 0.217. The zero-order valence-corrected chi connectivity index (χ0v) is 14.4. The van der Waals surface area contributed by atoms with Crippen LogP contribution in [0.5, 0.6) is 5.75 Å². The first-order chi connectivity index (χ1) is 11.4. The molecule has 0 saturated heterocycles. The number of rotatable bonds is 7. The fourth-order valence-electron chi connectivity index (χ4n) is 2.17. The fourth-order valence-corrected chi connectivity index (χ4v) is 2.77. The van der Waals surface area contributed by atoms with Crippen molar-refractivity contribution in [3.8, 4) is 5.75 Å². The largest absolute Gasteiger partial charge is 0.493 e. The van der Waals surface area contributed by atoms with Crippen molar-refractivity contribution >= 4 is 23.4 Å². The molecule has 0 radical (unpaired) electrons. The highest BCUT2D eigenvalue weighted by molar-refractivity contribution is 7.99. The molecule has 128 valence electrons. The quantitative estimate of drug-likeness (QED) is 0.755. The molecule has 0 unspecified atom stereocenters. The van der Waals surface area contributed by atoms with E-state index >= 15 is 0 Å². The summed E-state index contributed by atoms with van der Waals surface area (Å²) in [7, 11) is 0. The normalized spacial score (nSPS) is 10.5. The van der Waals surface area contributed by atoms with Gasteiger partial charge in [-0.05, 0) is 49.2 Å². The molecule has 2 aromatic carbocycles. The molecule has 3 nitrogen and oxygen atoms in total. The number of anilines is 1. The summed E-state index contributed by atoms with van der Waals surface area (Å²) in [5, 5.41) is 2.53. The SMILES string of the molecule is Cc1cc(C)cc(OCCSCC(=O)Nc2ccc(F)c(F)c2)c1. The van der Waals surface area contributed by atoms with Crippen molar-refractivity contribution in [1.82, 2.24) is 0 Å². The van der Waals surface area contributed by atoms with E-state index in [2.05, 4.69) is 11.4 Å². The third-order valence-electron chi connectivity index (χ3n) is 3.13. The van der Waals surface area contributed by atoms with E-state index in [1.807, 2.05) is 26.0 Å². The number of aryl methyl sites for hydroxylation is 2. The molecule has 24 heavy (non-hydrogen) atoms. The summed E-state index contributed by atoms with van der Waals surface area (Å²) in [6, 6.07) is 9.27. The van der Waals surface area contributed by atoms with E-state index in [1.54, 1.807) is 0 Å². The van der Waals surface area contributed by atoms with Crippen LogP contribution < -0.4 is 10.1 Å². The Labute approximate surface area is 144 Å². The van der Waals surface area contributed by atoms with Crippen molar-refractivity contribution in [2.45, 2.75) is 13.8 Å². The number of ether oxygens (including phenoxy) is 1. The summed E-state index contributed by atoms with van der Waals surface area (Å²) < 4.78 is 31.5. The first kappa shape index (κ1) is 18.3. The molecule has 0 aliphatic carbocycles. The number of hydrogen-bond donors (Lipinski definition) is 1. The number of carbonyl (C=O) groups is 1. The minimum atomic E-state index is -0.984. The second-order valence-electron chi connectivity index (χ2n) is 5.40. The van der Waals surface area contributed by atoms with E-state index < -0.39 is 11.6 Å². The Morgan fingerprint density at radius 1 is 1.08 bits per heavy atom. The van der Waals surface area contributed by atoms with Crippen molar-refractivity contribution in [1.29, 1.82) is 0 Å². The van der Waals surface area contributed by atoms with Crippen molar-refractivity contribution in [2.24, 2.45) is 0 Å². The standard InChI is InChI=1S/C18H19F2NO2S/c1-12-7-13(2)9-15(8-12)23-5-6-24-11-18(22)21-14-3-4-16(19)17(20)10-14/h3-4,7-10H,5-6,11H2,1-2H3,(H,21,22). The smallest absolute Gasteiger partial charge is 0.234 e. The lowest BCUT2D eigenvalue weighted by Gasteiger charge is -2.08. The van der Waals surface area contributed by atoms with Gasteiger partial charge in [0.15, 0.2) is 11.6 Å². The lowest BCUT2D eigenvalue weighted by atomic mass is 10.1. The number of amides is 1. The predicted molar refractivity (Wildman–Crippen MR) is 93.7 cm³/mol. The monoisotopic (exact) mass is 351 g/mol. The summed E-state index contributed by atoms with van der Waals surface area (Å²) in [4.78, 5) is 11.7. The number of nitrogens with one attached hydrogen (secondary N) is 1. The lowest BCUT2D eigenvalue weighted by Crippen LogP contribution is -2.15. The van der Waals surface area contributed by atoms with Gasteiger partial charge in [0.25, 0.3) is 0 Å². The topological polar surface area (TPSA) is 38.3 Å². The zero-order valence-electron chi connectivity index (χ0n) is 13.6. The highest BCUT2D eigenvalue weighted by atomic mass is 32.2. The van der Waals surface area contributed by atoms with E-state index in [1.165, 1.54) is 17.8 Å². The molecule has 0 bridgehead atoms. The van der Waals surface area contributed by atoms with Gasteiger partial charge in [0.05, 0.1) is 12.4 Å². The van der Waals surface area contributed by atoms with Gasteiger partial charge in [0, 0.05) is 17.5 Å². The number of thioether (sulfide) groups is 1. The summed E-state index contributed by atoms with van der Waals surface area (Å²) in [6.45, 7) is 4.51. The molecule has 6 heteroatoms. The number of halogens is 2. The van der Waals surface area contributed by atoms with Gasteiger partial charge in [-0.2, -0.15) is 0 Å². The summed E-state index contributed by atoms with van der Waals surface area (Å²) in [5.74, 6) is -0.502. The molecule has 0 atom stereocenters. The molecule has 0 saturated carbocycles. The van der Waals surface area contributed by atoms with E-state index in [0.29, 0.717) is 12.4 Å². The molecule has 0 aromatic heterocycles. The second kappa shape index (κ2) is 8.68. The van der Waals surface area contributed by atoms with E-state index in [9.17, 15) is 13.6 Å². The van der Waals surface area contributed by atoms with E-state index in [4.69, 9.17) is 4.74 Å². The Balaban J connectivity index is 1.68. The van der Waals surface area contributed by atoms with Crippen LogP contribution in [0.3, 0.4) is 0 Å². The molecule has 1 N–H and O–H groups in total. The Hall–Kier alpha value is -2.08. The average Bonchev–Trinajstić information content (AvgIpc) is 2.49. The molecule has 2 aromatic rings. The van der Waals surface area contributed by atoms with Crippen LogP contribution in [0.2, 0.25) is 0 Å². The van der Waals surface area contributed by atoms with Gasteiger partial charge in [-0.25, -0.2) is 8.78 Å². The number of benzene rings is 2. The maximum atomic E-state index is 13.1. The Morgan fingerprint density at radius 2 is 1.79 bits per heavy atom. The van der Waals surface area contributed by atoms with Gasteiger partial charge in [0.1, 0.15) is 5.75 Å². The van der Waals surface area contributed by atoms with E-state index in [0.717, 1.165) is 29.0 Å². The Morgan fingerprint density at radius 3 is 2.46 bits per heavy atom. The molecule has 0 spiro atoms. The molecule has 0 fully saturated rings. The van der Waals surface area contributed by atoms with Crippen molar-refractivity contribution in [2.75, 3.05) is 23.4 Å². The minimum Gasteiger partial charge on any atom is -0.493 e. The predicted octanol–water partition coefficient (Wildman–Crippen LogP) is 4.33. The van der Waals surface area contributed by atoms with Gasteiger partial charge in [-0.1, -0.05) is 6.07 Å². The second-order valence-corrected chi connectivity index (χ2v) is 6.51. The molecule has 0 aliphatic rings. The van der Waals surface area contributed by atoms with Crippen LogP contribution in [0.15, 0.2) is 36.4 Å². The summed E-state index contributed by atoms with van der Waals surface area (Å²) in [6.07, 6.45) is 0. The highest BCUT2D eigenvalue weighted by Gasteiger charge is 2.06. The Bertz CT molecular complexity index is 702. The third-order valence-corrected chi connectivity index (χ3v) is 4.05. The molecular weight excluding hydrogens is 332 g/mol. The van der Waals surface area contributed by atoms with Gasteiger partial charge in [-0.3, -0.25) is 4.79 Å². The third kappa shape index (κ3) is 5.85. The van der Waals surface area contributed by atoms with Crippen molar-refractivity contribution in [3.63, 3.8) is 0 Å². The first-order valence-electron chi connectivity index (χ1n) is 7.48. The van der Waals surface area contributed by atoms with Crippen LogP contribution in [-0.4, -0.2) is 24.0 Å². The zero-order chi connectivity index (χ0) is 17.5. The summed E-state index contributed by atoms with van der Waals surface area (Å²) in [5.41, 5.74) is 2.53. The molecule has 0 aliphatic heterocycles. The maximum Gasteiger partial charge on any atom is 0.234 e. The van der Waals surface area contributed by atoms with Crippen LogP contribution in [0.25, 0.3) is 0 Å². The lowest BCUT2D eigenvalue weighted by molar-refractivity contribution is -0.113. The molecule has 0 heterocycles. The first-order valence-corrected chi connectivity index (χ1v) is 8.63. The highest BCUT2D eigenvalue weighted by Crippen LogP contribution is 2.17. The maximum absolute atomic E-state index is 13.1. The van der Waals surface area contributed by atoms with Crippen LogP contribution in [0.4, 0.5) is 14.5 Å². The number of hydrogen-bond acceptors (Lipinski definition) is 3. The van der Waals surface area contributed by atoms with Crippen LogP contribution in [0, 0.1) is 25.5 Å². The fraction of sp³-hybridized carbons (Fsp3) is 0.278. The molecule has 1 amide bonds. The van der Waals surface area contributed by atoms with E-state index in [-0.39, 0.29) is 17.3 Å². The van der Waals surface area contributed by atoms with Crippen molar-refractivity contribution in [3.05, 3.63) is 59.2 Å². The molecular formula is C18H19F2NO2S.